The van der Waals surface area contributed by atoms with E-state index >= 15 is 0 Å². The van der Waals surface area contributed by atoms with E-state index in [0.29, 0.717) is 0 Å². The number of alkyl halides is 3. The van der Waals surface area contributed by atoms with Gasteiger partial charge >= 0.3 is 6.18 Å². The summed E-state index contributed by atoms with van der Waals surface area (Å²) in [7, 11) is 0. The molecule has 0 aromatic carbocycles. The number of anilines is 1. The molecule has 0 atom stereocenters. The minimum Gasteiger partial charge on any atom is -0.350 e. The van der Waals surface area contributed by atoms with Crippen LogP contribution in [0.2, 0.25) is 5.02 Å². The lowest BCUT2D eigenvalue weighted by Crippen LogP contribution is -2.33. The molecule has 2 heterocycles. The summed E-state index contributed by atoms with van der Waals surface area (Å²) in [5, 5.41) is 0.153. The zero-order valence-corrected chi connectivity index (χ0v) is 9.89. The first-order valence-electron chi connectivity index (χ1n) is 5.20. The van der Waals surface area contributed by atoms with Crippen molar-refractivity contribution >= 4 is 17.4 Å². The molecule has 2 nitrogen and oxygen atoms in total. The lowest BCUT2D eigenvalue weighted by Gasteiger charge is -2.28. The summed E-state index contributed by atoms with van der Waals surface area (Å²) in [4.78, 5) is 5.24. The van der Waals surface area contributed by atoms with E-state index in [-0.39, 0.29) is 30.4 Å². The molecule has 1 aromatic heterocycles. The summed E-state index contributed by atoms with van der Waals surface area (Å²) in [6.07, 6.45) is -2.16. The third-order valence-electron chi connectivity index (χ3n) is 2.66. The predicted octanol–water partition coefficient (Wildman–Crippen LogP) is 3.57. The largest absolute Gasteiger partial charge is 0.412 e. The summed E-state index contributed by atoms with van der Waals surface area (Å²) in [5.74, 6) is -0.608. The highest BCUT2D eigenvalue weighted by molar-refractivity contribution is 6.30. The van der Waals surface area contributed by atoms with E-state index in [1.165, 1.54) is 11.1 Å². The monoisotopic (exact) mass is 280 g/mol. The second-order valence-corrected chi connectivity index (χ2v) is 4.32. The zero-order chi connectivity index (χ0) is 13.3. The van der Waals surface area contributed by atoms with Crippen LogP contribution in [-0.2, 0) is 0 Å². The van der Waals surface area contributed by atoms with Gasteiger partial charge in [-0.2, -0.15) is 13.2 Å². The van der Waals surface area contributed by atoms with Crippen LogP contribution in [0.5, 0.6) is 0 Å². The SMILES string of the molecule is Fc1cc(Cl)cnc1N1CC=C(C(F)(F)F)CC1. The molecule has 0 spiro atoms. The minimum atomic E-state index is -4.31. The Hall–Kier alpha value is -1.30. The molecule has 0 N–H and O–H groups in total. The molecule has 0 bridgehead atoms. The van der Waals surface area contributed by atoms with Crippen LogP contribution in [0.4, 0.5) is 23.4 Å². The third-order valence-corrected chi connectivity index (χ3v) is 2.87. The molecule has 7 heteroatoms. The van der Waals surface area contributed by atoms with E-state index in [9.17, 15) is 17.6 Å². The van der Waals surface area contributed by atoms with Gasteiger partial charge in [-0.1, -0.05) is 17.7 Å². The maximum absolute atomic E-state index is 13.5. The molecule has 0 fully saturated rings. The standard InChI is InChI=1S/C11H9ClF4N2/c12-8-5-9(13)10(17-6-8)18-3-1-7(2-4-18)11(14,15)16/h1,5-6H,2-4H2. The van der Waals surface area contributed by atoms with Gasteiger partial charge in [0.1, 0.15) is 0 Å². The topological polar surface area (TPSA) is 16.1 Å². The van der Waals surface area contributed by atoms with Gasteiger partial charge in [-0.15, -0.1) is 0 Å². The predicted molar refractivity (Wildman–Crippen MR) is 60.2 cm³/mol. The van der Waals surface area contributed by atoms with Crippen molar-refractivity contribution in [3.63, 3.8) is 0 Å². The lowest BCUT2D eigenvalue weighted by atomic mass is 10.1. The molecule has 1 aromatic rings. The average molecular weight is 281 g/mol. The van der Waals surface area contributed by atoms with E-state index < -0.39 is 17.6 Å². The highest BCUT2D eigenvalue weighted by Gasteiger charge is 2.35. The van der Waals surface area contributed by atoms with Crippen LogP contribution in [0.15, 0.2) is 23.9 Å². The fourth-order valence-electron chi connectivity index (χ4n) is 1.76. The van der Waals surface area contributed by atoms with Crippen molar-refractivity contribution in [1.29, 1.82) is 0 Å². The highest BCUT2D eigenvalue weighted by atomic mass is 35.5. The Balaban J connectivity index is 2.17. The first kappa shape index (κ1) is 13.1. The summed E-state index contributed by atoms with van der Waals surface area (Å²) in [5.41, 5.74) is -0.576. The van der Waals surface area contributed by atoms with Crippen molar-refractivity contribution in [3.8, 4) is 0 Å². The fraction of sp³-hybridized carbons (Fsp3) is 0.364. The molecule has 1 aliphatic rings. The van der Waals surface area contributed by atoms with Gasteiger partial charge in [-0.25, -0.2) is 9.37 Å². The molecule has 0 radical (unpaired) electrons. The first-order valence-corrected chi connectivity index (χ1v) is 5.58. The number of rotatable bonds is 1. The highest BCUT2D eigenvalue weighted by Crippen LogP contribution is 2.31. The molecule has 0 saturated heterocycles. The van der Waals surface area contributed by atoms with Crippen molar-refractivity contribution in [2.24, 2.45) is 0 Å². The molecule has 0 amide bonds. The maximum atomic E-state index is 13.5. The second kappa shape index (κ2) is 4.76. The Morgan fingerprint density at radius 2 is 2.06 bits per heavy atom. The number of halogens is 5. The molecule has 18 heavy (non-hydrogen) atoms. The van der Waals surface area contributed by atoms with Gasteiger partial charge < -0.3 is 4.90 Å². The Bertz CT molecular complexity index is 484. The Kier molecular flexibility index (Phi) is 3.47. The van der Waals surface area contributed by atoms with Crippen LogP contribution >= 0.6 is 11.6 Å². The van der Waals surface area contributed by atoms with Gasteiger partial charge in [0, 0.05) is 24.9 Å². The summed E-state index contributed by atoms with van der Waals surface area (Å²) < 4.78 is 50.8. The molecule has 0 aliphatic carbocycles. The van der Waals surface area contributed by atoms with Crippen LogP contribution in [0.25, 0.3) is 0 Å². The Morgan fingerprint density at radius 3 is 2.56 bits per heavy atom. The summed E-state index contributed by atoms with van der Waals surface area (Å²) in [6, 6.07) is 1.09. The average Bonchev–Trinajstić information content (AvgIpc) is 2.28. The molecular formula is C11H9ClF4N2. The van der Waals surface area contributed by atoms with Crippen molar-refractivity contribution in [2.75, 3.05) is 18.0 Å². The zero-order valence-electron chi connectivity index (χ0n) is 9.14. The van der Waals surface area contributed by atoms with E-state index in [1.54, 1.807) is 0 Å². The third kappa shape index (κ3) is 2.75. The fourth-order valence-corrected chi connectivity index (χ4v) is 1.90. The number of hydrogen-bond donors (Lipinski definition) is 0. The van der Waals surface area contributed by atoms with Gasteiger partial charge in [0.05, 0.1) is 5.02 Å². The summed E-state index contributed by atoms with van der Waals surface area (Å²) >= 11 is 5.56. The van der Waals surface area contributed by atoms with E-state index in [0.717, 1.165) is 12.1 Å². The van der Waals surface area contributed by atoms with Crippen molar-refractivity contribution < 1.29 is 17.6 Å². The number of pyridine rings is 1. The quantitative estimate of drug-likeness (QED) is 0.577. The van der Waals surface area contributed by atoms with Gasteiger partial charge in [-0.05, 0) is 12.5 Å². The molecule has 2 rings (SSSR count). The number of nitrogens with zero attached hydrogens (tertiary/aromatic N) is 2. The summed E-state index contributed by atoms with van der Waals surface area (Å²) in [6.45, 7) is 0.0668. The van der Waals surface area contributed by atoms with Crippen LogP contribution < -0.4 is 4.90 Å². The first-order chi connectivity index (χ1) is 8.38. The normalized spacial score (nSPS) is 16.7. The smallest absolute Gasteiger partial charge is 0.350 e. The number of hydrogen-bond acceptors (Lipinski definition) is 2. The Morgan fingerprint density at radius 1 is 1.33 bits per heavy atom. The van der Waals surface area contributed by atoms with Crippen LogP contribution in [0, 0.1) is 5.82 Å². The molecule has 0 unspecified atom stereocenters. The van der Waals surface area contributed by atoms with Crippen LogP contribution in [-0.4, -0.2) is 24.2 Å². The van der Waals surface area contributed by atoms with Crippen LogP contribution in [0.3, 0.4) is 0 Å². The van der Waals surface area contributed by atoms with Gasteiger partial charge in [-0.3, -0.25) is 0 Å². The van der Waals surface area contributed by atoms with Crippen molar-refractivity contribution in [1.82, 2.24) is 4.98 Å². The van der Waals surface area contributed by atoms with E-state index in [2.05, 4.69) is 4.98 Å². The van der Waals surface area contributed by atoms with Gasteiger partial charge in [0.15, 0.2) is 11.6 Å². The second-order valence-electron chi connectivity index (χ2n) is 3.88. The van der Waals surface area contributed by atoms with Crippen molar-refractivity contribution in [3.05, 3.63) is 34.8 Å². The molecular weight excluding hydrogens is 272 g/mol. The van der Waals surface area contributed by atoms with E-state index in [1.807, 2.05) is 0 Å². The lowest BCUT2D eigenvalue weighted by molar-refractivity contribution is -0.0944. The van der Waals surface area contributed by atoms with Gasteiger partial charge in [0.25, 0.3) is 0 Å². The molecule has 1 aliphatic heterocycles. The molecule has 98 valence electrons. The molecule has 0 saturated carbocycles. The maximum Gasteiger partial charge on any atom is 0.412 e. The Labute approximate surface area is 106 Å². The van der Waals surface area contributed by atoms with Crippen LogP contribution in [0.1, 0.15) is 6.42 Å². The number of aromatic nitrogens is 1. The van der Waals surface area contributed by atoms with Crippen molar-refractivity contribution in [2.45, 2.75) is 12.6 Å². The van der Waals surface area contributed by atoms with E-state index in [4.69, 9.17) is 11.6 Å². The van der Waals surface area contributed by atoms with Gasteiger partial charge in [0.2, 0.25) is 0 Å². The minimum absolute atomic E-state index is 0.0135.